The average molecular weight is 375 g/mol. The molecular weight excluding hydrogens is 346 g/mol. The second-order valence-corrected chi connectivity index (χ2v) is 7.13. The fraction of sp³-hybridized carbons (Fsp3) is 0.524. The lowest BCUT2D eigenvalue weighted by molar-refractivity contribution is -0.161. The zero-order valence-corrected chi connectivity index (χ0v) is 16.2. The summed E-state index contributed by atoms with van der Waals surface area (Å²) in [5.41, 5.74) is 0.849. The van der Waals surface area contributed by atoms with E-state index in [1.165, 1.54) is 0 Å². The molecule has 0 radical (unpaired) electrons. The molecule has 1 aromatic rings. The Morgan fingerprint density at radius 2 is 1.93 bits per heavy atom. The van der Waals surface area contributed by atoms with Crippen LogP contribution in [-0.2, 0) is 9.53 Å². The van der Waals surface area contributed by atoms with Crippen LogP contribution in [-0.4, -0.2) is 27.9 Å². The number of hydrogen-bond donors (Lipinski definition) is 3. The Morgan fingerprint density at radius 3 is 2.44 bits per heavy atom. The van der Waals surface area contributed by atoms with Gasteiger partial charge in [-0.1, -0.05) is 45.7 Å². The minimum atomic E-state index is -1.15. The Labute approximate surface area is 160 Å². The third kappa shape index (κ3) is 4.81. The van der Waals surface area contributed by atoms with E-state index in [1.807, 2.05) is 26.8 Å². The number of carbonyl (C=O) groups is 2. The number of aliphatic hydroxyl groups is 1. The normalized spacial score (nSPS) is 17.4. The molecule has 1 amide bonds. The number of amides is 1. The smallest absolute Gasteiger partial charge is 0.409 e. The van der Waals surface area contributed by atoms with E-state index >= 15 is 0 Å². The van der Waals surface area contributed by atoms with Gasteiger partial charge in [-0.05, 0) is 37.0 Å². The van der Waals surface area contributed by atoms with Gasteiger partial charge in [0.2, 0.25) is 0 Å². The number of carbonyl (C=O) groups excluding carboxylic acids is 1. The number of hydrogen-bond acceptors (Lipinski definition) is 4. The van der Waals surface area contributed by atoms with Crippen LogP contribution in [0.1, 0.15) is 70.8 Å². The van der Waals surface area contributed by atoms with Gasteiger partial charge in [-0.2, -0.15) is 0 Å². The van der Waals surface area contributed by atoms with Crippen LogP contribution in [0.2, 0.25) is 0 Å². The number of anilines is 1. The number of aliphatic hydroxyl groups excluding tert-OH is 1. The summed E-state index contributed by atoms with van der Waals surface area (Å²) in [4.78, 5) is 23.7. The van der Waals surface area contributed by atoms with Crippen molar-refractivity contribution in [2.75, 3.05) is 5.32 Å². The minimum Gasteiger partial charge on any atom is -0.512 e. The van der Waals surface area contributed by atoms with E-state index in [-0.39, 0.29) is 17.3 Å². The standard InChI is InChI=1S/C21H29NO5/c1-4-10-21(11-5-2)13-17(23)18(19(24)27-21)16(6-3)14-8-7-9-15(12-14)22-20(25)26/h7-9,12,16,22-23H,4-6,10-11,13H2,1-3H3,(H,25,26). The van der Waals surface area contributed by atoms with Gasteiger partial charge in [-0.25, -0.2) is 9.59 Å². The molecule has 0 spiro atoms. The van der Waals surface area contributed by atoms with Crippen molar-refractivity contribution in [3.05, 3.63) is 41.2 Å². The topological polar surface area (TPSA) is 95.9 Å². The molecule has 0 fully saturated rings. The summed E-state index contributed by atoms with van der Waals surface area (Å²) in [6, 6.07) is 6.89. The van der Waals surface area contributed by atoms with Crippen LogP contribution in [0.25, 0.3) is 0 Å². The highest BCUT2D eigenvalue weighted by Crippen LogP contribution is 2.42. The summed E-state index contributed by atoms with van der Waals surface area (Å²) < 4.78 is 5.87. The van der Waals surface area contributed by atoms with Crippen LogP contribution in [0, 0.1) is 0 Å². The first-order chi connectivity index (χ1) is 12.9. The molecule has 3 N–H and O–H groups in total. The van der Waals surface area contributed by atoms with E-state index in [2.05, 4.69) is 5.32 Å². The Kier molecular flexibility index (Phi) is 6.88. The van der Waals surface area contributed by atoms with Crippen LogP contribution in [0.15, 0.2) is 35.6 Å². The molecule has 0 aromatic heterocycles. The van der Waals surface area contributed by atoms with Crippen LogP contribution < -0.4 is 5.32 Å². The fourth-order valence-electron chi connectivity index (χ4n) is 4.03. The van der Waals surface area contributed by atoms with E-state index < -0.39 is 17.7 Å². The third-order valence-corrected chi connectivity index (χ3v) is 5.04. The lowest BCUT2D eigenvalue weighted by Crippen LogP contribution is -2.41. The largest absolute Gasteiger partial charge is 0.512 e. The van der Waals surface area contributed by atoms with Crippen molar-refractivity contribution in [3.63, 3.8) is 0 Å². The molecule has 148 valence electrons. The lowest BCUT2D eigenvalue weighted by atomic mass is 9.80. The van der Waals surface area contributed by atoms with Crippen LogP contribution in [0.4, 0.5) is 10.5 Å². The molecule has 1 atom stereocenters. The second-order valence-electron chi connectivity index (χ2n) is 7.13. The second kappa shape index (κ2) is 8.93. The van der Waals surface area contributed by atoms with Crippen LogP contribution in [0.5, 0.6) is 0 Å². The monoisotopic (exact) mass is 375 g/mol. The van der Waals surface area contributed by atoms with Gasteiger partial charge in [0.15, 0.2) is 0 Å². The van der Waals surface area contributed by atoms with Gasteiger partial charge < -0.3 is 14.9 Å². The molecule has 0 bridgehead atoms. The fourth-order valence-corrected chi connectivity index (χ4v) is 4.03. The molecule has 0 saturated carbocycles. The molecule has 6 nitrogen and oxygen atoms in total. The zero-order chi connectivity index (χ0) is 20.0. The lowest BCUT2D eigenvalue weighted by Gasteiger charge is -2.38. The Balaban J connectivity index is 2.39. The first-order valence-electron chi connectivity index (χ1n) is 9.61. The molecule has 27 heavy (non-hydrogen) atoms. The van der Waals surface area contributed by atoms with Gasteiger partial charge >= 0.3 is 12.1 Å². The maximum atomic E-state index is 12.9. The Hall–Kier alpha value is -2.50. The summed E-state index contributed by atoms with van der Waals surface area (Å²) in [5, 5.41) is 22.0. The van der Waals surface area contributed by atoms with Gasteiger partial charge in [0.1, 0.15) is 11.4 Å². The molecular formula is C21H29NO5. The van der Waals surface area contributed by atoms with Crippen LogP contribution >= 0.6 is 0 Å². The highest BCUT2D eigenvalue weighted by atomic mass is 16.6. The zero-order valence-electron chi connectivity index (χ0n) is 16.2. The van der Waals surface area contributed by atoms with E-state index in [0.29, 0.717) is 18.5 Å². The van der Waals surface area contributed by atoms with Crippen molar-refractivity contribution in [2.45, 2.75) is 70.8 Å². The molecule has 6 heteroatoms. The highest BCUT2D eigenvalue weighted by Gasteiger charge is 2.42. The van der Waals surface area contributed by atoms with Gasteiger partial charge in [-0.3, -0.25) is 5.32 Å². The number of carboxylic acid groups (broad SMARTS) is 1. The number of rotatable bonds is 8. The third-order valence-electron chi connectivity index (χ3n) is 5.04. The number of cyclic esters (lactones) is 1. The summed E-state index contributed by atoms with van der Waals surface area (Å²) >= 11 is 0. The van der Waals surface area contributed by atoms with Crippen molar-refractivity contribution >= 4 is 17.7 Å². The molecule has 0 saturated heterocycles. The molecule has 0 aliphatic carbocycles. The number of benzene rings is 1. The van der Waals surface area contributed by atoms with Crippen molar-refractivity contribution in [1.29, 1.82) is 0 Å². The molecule has 2 rings (SSSR count). The maximum Gasteiger partial charge on any atom is 0.409 e. The SMILES string of the molecule is CCCC1(CCC)CC(O)=C(C(CC)c2cccc(NC(=O)O)c2)C(=O)O1. The number of ether oxygens (including phenoxy) is 1. The average Bonchev–Trinajstić information content (AvgIpc) is 2.58. The first kappa shape index (κ1) is 20.8. The molecule has 1 heterocycles. The molecule has 1 unspecified atom stereocenters. The predicted octanol–water partition coefficient (Wildman–Crippen LogP) is 5.37. The van der Waals surface area contributed by atoms with Gasteiger partial charge in [0, 0.05) is 18.0 Å². The van der Waals surface area contributed by atoms with E-state index in [4.69, 9.17) is 9.84 Å². The van der Waals surface area contributed by atoms with Crippen molar-refractivity contribution < 1.29 is 24.5 Å². The Bertz CT molecular complexity index is 719. The van der Waals surface area contributed by atoms with Crippen molar-refractivity contribution in [2.24, 2.45) is 0 Å². The summed E-state index contributed by atoms with van der Waals surface area (Å²) in [7, 11) is 0. The molecule has 1 aliphatic heterocycles. The van der Waals surface area contributed by atoms with Gasteiger partial charge in [0.25, 0.3) is 0 Å². The molecule has 1 aromatic carbocycles. The van der Waals surface area contributed by atoms with E-state index in [9.17, 15) is 14.7 Å². The van der Waals surface area contributed by atoms with E-state index in [1.54, 1.807) is 18.2 Å². The Morgan fingerprint density at radius 1 is 1.26 bits per heavy atom. The quantitative estimate of drug-likeness (QED) is 0.531. The summed E-state index contributed by atoms with van der Waals surface area (Å²) in [6.45, 7) is 6.00. The van der Waals surface area contributed by atoms with Crippen molar-refractivity contribution in [3.8, 4) is 0 Å². The van der Waals surface area contributed by atoms with E-state index in [0.717, 1.165) is 31.2 Å². The summed E-state index contributed by atoms with van der Waals surface area (Å²) in [5.74, 6) is -0.727. The number of nitrogens with one attached hydrogen (secondary N) is 1. The molecule has 1 aliphatic rings. The minimum absolute atomic E-state index is 0.0941. The highest BCUT2D eigenvalue weighted by molar-refractivity contribution is 5.92. The van der Waals surface area contributed by atoms with Crippen molar-refractivity contribution in [1.82, 2.24) is 0 Å². The summed E-state index contributed by atoms with van der Waals surface area (Å²) in [6.07, 6.45) is 2.95. The van der Waals surface area contributed by atoms with Crippen LogP contribution in [0.3, 0.4) is 0 Å². The maximum absolute atomic E-state index is 12.9. The first-order valence-corrected chi connectivity index (χ1v) is 9.61. The predicted molar refractivity (Wildman–Crippen MR) is 104 cm³/mol. The number of esters is 1. The van der Waals surface area contributed by atoms with Gasteiger partial charge in [-0.15, -0.1) is 0 Å². The van der Waals surface area contributed by atoms with Gasteiger partial charge in [0.05, 0.1) is 5.57 Å².